The molecule has 0 aliphatic rings. The molecule has 0 saturated heterocycles. The van der Waals surface area contributed by atoms with Gasteiger partial charge in [0, 0.05) is 19.2 Å². The Balaban J connectivity index is 1.66. The molecule has 0 spiro atoms. The van der Waals surface area contributed by atoms with Gasteiger partial charge in [-0.2, -0.15) is 0 Å². The molecule has 1 heterocycles. The molecule has 2 aromatic carbocycles. The number of hydrogen-bond acceptors (Lipinski definition) is 5. The number of nitrogens with zero attached hydrogens (tertiary/aromatic N) is 2. The molecule has 7 nitrogen and oxygen atoms in total. The molecule has 0 radical (unpaired) electrons. The second-order valence-corrected chi connectivity index (χ2v) is 6.81. The van der Waals surface area contributed by atoms with Crippen LogP contribution in [0.2, 0.25) is 0 Å². The van der Waals surface area contributed by atoms with Gasteiger partial charge in [-0.05, 0) is 43.7 Å². The van der Waals surface area contributed by atoms with Crippen LogP contribution in [0.3, 0.4) is 0 Å². The van der Waals surface area contributed by atoms with Crippen molar-refractivity contribution >= 4 is 11.6 Å². The number of non-ortho nitro benzene ring substituents is 1. The molecule has 0 aliphatic heterocycles. The molecule has 0 aliphatic carbocycles. The third-order valence-electron chi connectivity index (χ3n) is 4.74. The molecule has 0 fully saturated rings. The Hall–Kier alpha value is -3.61. The summed E-state index contributed by atoms with van der Waals surface area (Å²) < 4.78 is 11.3. The van der Waals surface area contributed by atoms with Gasteiger partial charge in [0.2, 0.25) is 0 Å². The maximum absolute atomic E-state index is 12.8. The minimum absolute atomic E-state index is 0.0104. The molecule has 150 valence electrons. The van der Waals surface area contributed by atoms with Gasteiger partial charge in [-0.1, -0.05) is 29.8 Å². The summed E-state index contributed by atoms with van der Waals surface area (Å²) in [6.07, 6.45) is 0. The van der Waals surface area contributed by atoms with Crippen molar-refractivity contribution in [2.75, 3.05) is 7.05 Å². The van der Waals surface area contributed by atoms with E-state index in [4.69, 9.17) is 9.15 Å². The highest BCUT2D eigenvalue weighted by atomic mass is 16.6. The first-order chi connectivity index (χ1) is 13.8. The van der Waals surface area contributed by atoms with Crippen molar-refractivity contribution in [1.29, 1.82) is 0 Å². The Morgan fingerprint density at radius 1 is 1.17 bits per heavy atom. The minimum atomic E-state index is -0.453. The van der Waals surface area contributed by atoms with Crippen molar-refractivity contribution in [2.45, 2.75) is 26.5 Å². The predicted octanol–water partition coefficient (Wildman–Crippen LogP) is 4.91. The third kappa shape index (κ3) is 4.82. The summed E-state index contributed by atoms with van der Waals surface area (Å²) in [5, 5.41) is 11.0. The molecule has 1 aromatic heterocycles. The van der Waals surface area contributed by atoms with E-state index in [2.05, 4.69) is 0 Å². The van der Waals surface area contributed by atoms with E-state index in [1.165, 1.54) is 17.0 Å². The number of carbonyl (C=O) groups is 1. The summed E-state index contributed by atoms with van der Waals surface area (Å²) >= 11 is 0. The maximum Gasteiger partial charge on any atom is 0.289 e. The van der Waals surface area contributed by atoms with Gasteiger partial charge in [-0.3, -0.25) is 14.9 Å². The Morgan fingerprint density at radius 2 is 1.90 bits per heavy atom. The van der Waals surface area contributed by atoms with Gasteiger partial charge in [0.25, 0.3) is 11.6 Å². The van der Waals surface area contributed by atoms with Gasteiger partial charge >= 0.3 is 0 Å². The van der Waals surface area contributed by atoms with Crippen molar-refractivity contribution in [2.24, 2.45) is 0 Å². The first-order valence-electron chi connectivity index (χ1n) is 9.15. The average molecular weight is 394 g/mol. The highest BCUT2D eigenvalue weighted by molar-refractivity contribution is 5.91. The number of rotatable bonds is 7. The topological polar surface area (TPSA) is 85.8 Å². The first-order valence-corrected chi connectivity index (χ1v) is 9.15. The lowest BCUT2D eigenvalue weighted by Crippen LogP contribution is -2.29. The van der Waals surface area contributed by atoms with Crippen molar-refractivity contribution < 1.29 is 18.9 Å². The normalized spacial score (nSPS) is 11.7. The molecule has 1 amide bonds. The van der Waals surface area contributed by atoms with Crippen molar-refractivity contribution in [3.8, 4) is 5.75 Å². The van der Waals surface area contributed by atoms with E-state index in [0.717, 1.165) is 11.3 Å². The average Bonchev–Trinajstić information content (AvgIpc) is 3.21. The molecule has 3 aromatic rings. The van der Waals surface area contributed by atoms with Crippen LogP contribution in [0.1, 0.15) is 40.4 Å². The molecule has 0 unspecified atom stereocenters. The Morgan fingerprint density at radius 3 is 2.59 bits per heavy atom. The Bertz CT molecular complexity index is 1010. The summed E-state index contributed by atoms with van der Waals surface area (Å²) in [7, 11) is 1.64. The van der Waals surface area contributed by atoms with Gasteiger partial charge in [-0.25, -0.2) is 0 Å². The zero-order chi connectivity index (χ0) is 21.0. The van der Waals surface area contributed by atoms with Crippen LogP contribution in [0.4, 0.5) is 5.69 Å². The first kappa shape index (κ1) is 20.1. The number of benzene rings is 2. The fraction of sp³-hybridized carbons (Fsp3) is 0.227. The molecule has 3 rings (SSSR count). The monoisotopic (exact) mass is 394 g/mol. The highest BCUT2D eigenvalue weighted by Gasteiger charge is 2.23. The van der Waals surface area contributed by atoms with Gasteiger partial charge in [0.05, 0.1) is 11.0 Å². The minimum Gasteiger partial charge on any atom is -0.486 e. The number of amides is 1. The predicted molar refractivity (Wildman–Crippen MR) is 108 cm³/mol. The van der Waals surface area contributed by atoms with Crippen molar-refractivity contribution in [3.05, 3.63) is 93.4 Å². The molecule has 0 bridgehead atoms. The van der Waals surface area contributed by atoms with E-state index >= 15 is 0 Å². The van der Waals surface area contributed by atoms with Crippen LogP contribution in [0.15, 0.2) is 65.1 Å². The van der Waals surface area contributed by atoms with E-state index in [-0.39, 0.29) is 30.0 Å². The van der Waals surface area contributed by atoms with Gasteiger partial charge < -0.3 is 14.1 Å². The van der Waals surface area contributed by atoms with Crippen LogP contribution >= 0.6 is 0 Å². The van der Waals surface area contributed by atoms with Gasteiger partial charge in [-0.15, -0.1) is 0 Å². The quantitative estimate of drug-likeness (QED) is 0.420. The van der Waals surface area contributed by atoms with E-state index in [0.29, 0.717) is 11.3 Å². The standard InChI is InChI=1S/C22H22N2O5/c1-15-7-9-19(10-8-15)28-14-20-11-12-21(29-20)22(25)23(3)16(2)17-5-4-6-18(13-17)24(26)27/h4-13,16H,14H2,1-3H3/t16-/m0/s1. The maximum atomic E-state index is 12.8. The smallest absolute Gasteiger partial charge is 0.289 e. The summed E-state index contributed by atoms with van der Waals surface area (Å²) in [5.41, 5.74) is 1.80. The third-order valence-corrected chi connectivity index (χ3v) is 4.74. The van der Waals surface area contributed by atoms with Crippen LogP contribution in [0.5, 0.6) is 5.75 Å². The van der Waals surface area contributed by atoms with Crippen molar-refractivity contribution in [3.63, 3.8) is 0 Å². The van der Waals surface area contributed by atoms with E-state index in [1.807, 2.05) is 31.2 Å². The number of aryl methyl sites for hydroxylation is 1. The molecular weight excluding hydrogens is 372 g/mol. The van der Waals surface area contributed by atoms with Gasteiger partial charge in [0.15, 0.2) is 5.76 Å². The number of ether oxygens (including phenoxy) is 1. The van der Waals surface area contributed by atoms with Crippen LogP contribution in [0.25, 0.3) is 0 Å². The lowest BCUT2D eigenvalue weighted by Gasteiger charge is -2.24. The molecule has 29 heavy (non-hydrogen) atoms. The van der Waals surface area contributed by atoms with E-state index in [9.17, 15) is 14.9 Å². The summed E-state index contributed by atoms with van der Waals surface area (Å²) in [6.45, 7) is 4.02. The molecular formula is C22H22N2O5. The lowest BCUT2D eigenvalue weighted by molar-refractivity contribution is -0.384. The second kappa shape index (κ2) is 8.60. The van der Waals surface area contributed by atoms with E-state index in [1.54, 1.807) is 38.2 Å². The molecule has 0 saturated carbocycles. The second-order valence-electron chi connectivity index (χ2n) is 6.81. The number of hydrogen-bond donors (Lipinski definition) is 0. The van der Waals surface area contributed by atoms with Crippen LogP contribution in [-0.4, -0.2) is 22.8 Å². The fourth-order valence-corrected chi connectivity index (χ4v) is 2.83. The number of nitro benzene ring substituents is 1. The highest BCUT2D eigenvalue weighted by Crippen LogP contribution is 2.25. The van der Waals surface area contributed by atoms with Crippen LogP contribution in [-0.2, 0) is 6.61 Å². The SMILES string of the molecule is Cc1ccc(OCc2ccc(C(=O)N(C)[C@@H](C)c3cccc([N+](=O)[O-])c3)o2)cc1. The largest absolute Gasteiger partial charge is 0.486 e. The Labute approximate surface area is 168 Å². The number of furan rings is 1. The van der Waals surface area contributed by atoms with Gasteiger partial charge in [0.1, 0.15) is 18.1 Å². The summed E-state index contributed by atoms with van der Waals surface area (Å²) in [6, 6.07) is 16.9. The zero-order valence-corrected chi connectivity index (χ0v) is 16.5. The fourth-order valence-electron chi connectivity index (χ4n) is 2.83. The summed E-state index contributed by atoms with van der Waals surface area (Å²) in [4.78, 5) is 24.8. The van der Waals surface area contributed by atoms with E-state index < -0.39 is 4.92 Å². The lowest BCUT2D eigenvalue weighted by atomic mass is 10.1. The zero-order valence-electron chi connectivity index (χ0n) is 16.5. The number of nitro groups is 1. The molecule has 7 heteroatoms. The summed E-state index contributed by atoms with van der Waals surface area (Å²) in [5.74, 6) is 1.12. The molecule has 1 atom stereocenters. The Kier molecular flexibility index (Phi) is 5.97. The van der Waals surface area contributed by atoms with Crippen molar-refractivity contribution in [1.82, 2.24) is 4.90 Å². The number of carbonyl (C=O) groups excluding carboxylic acids is 1. The van der Waals surface area contributed by atoms with Crippen LogP contribution in [0, 0.1) is 17.0 Å². The molecule has 0 N–H and O–H groups in total. The van der Waals surface area contributed by atoms with Crippen LogP contribution < -0.4 is 4.74 Å².